The van der Waals surface area contributed by atoms with Gasteiger partial charge >= 0.3 is 0 Å². The van der Waals surface area contributed by atoms with Crippen LogP contribution in [0.3, 0.4) is 0 Å². The number of hydrogen-bond donors (Lipinski definition) is 1. The Morgan fingerprint density at radius 2 is 1.76 bits per heavy atom. The van der Waals surface area contributed by atoms with Gasteiger partial charge in [-0.1, -0.05) is 0 Å². The maximum atomic E-state index is 12.2. The van der Waals surface area contributed by atoms with Crippen LogP contribution < -0.4 is 5.56 Å². The summed E-state index contributed by atoms with van der Waals surface area (Å²) in [4.78, 5) is 38.6. The van der Waals surface area contributed by atoms with Crippen molar-refractivity contribution in [3.63, 3.8) is 0 Å². The number of H-pyrrole nitrogens is 1. The van der Waals surface area contributed by atoms with Crippen molar-refractivity contribution in [3.8, 4) is 0 Å². The molecule has 0 atom stereocenters. The molecule has 17 heavy (non-hydrogen) atoms. The zero-order valence-corrected chi connectivity index (χ0v) is 10.5. The van der Waals surface area contributed by atoms with Gasteiger partial charge in [0.1, 0.15) is 0 Å². The molecule has 0 aliphatic heterocycles. The summed E-state index contributed by atoms with van der Waals surface area (Å²) in [6.07, 6.45) is 1.76. The van der Waals surface area contributed by atoms with Crippen molar-refractivity contribution >= 4 is 23.3 Å². The zero-order chi connectivity index (χ0) is 12.7. The van der Waals surface area contributed by atoms with Gasteiger partial charge in [-0.15, -0.1) is 11.8 Å². The lowest BCUT2D eigenvalue weighted by atomic mass is 9.89. The Balaban J connectivity index is 2.82. The Labute approximate surface area is 102 Å². The number of carbonyl (C=O) groups excluding carboxylic acids is 2. The number of allylic oxidation sites excluding steroid dienone is 2. The molecule has 0 unspecified atom stereocenters. The third kappa shape index (κ3) is 1.67. The molecule has 0 fully saturated rings. The lowest BCUT2D eigenvalue weighted by Gasteiger charge is -2.18. The fourth-order valence-electron chi connectivity index (χ4n) is 2.00. The van der Waals surface area contributed by atoms with E-state index in [-0.39, 0.29) is 22.7 Å². The van der Waals surface area contributed by atoms with Crippen molar-refractivity contribution in [1.82, 2.24) is 4.98 Å². The summed E-state index contributed by atoms with van der Waals surface area (Å²) in [5.41, 5.74) is 1.05. The molecule has 0 saturated carbocycles. The highest BCUT2D eigenvalue weighted by Gasteiger charge is 2.31. The molecule has 0 amide bonds. The van der Waals surface area contributed by atoms with Gasteiger partial charge in [0.2, 0.25) is 11.3 Å². The van der Waals surface area contributed by atoms with Gasteiger partial charge < -0.3 is 4.98 Å². The molecule has 1 N–H and O–H groups in total. The maximum absolute atomic E-state index is 12.2. The van der Waals surface area contributed by atoms with E-state index in [9.17, 15) is 14.4 Å². The van der Waals surface area contributed by atoms with Gasteiger partial charge in [-0.05, 0) is 20.1 Å². The average molecular weight is 249 g/mol. The number of aryl methyl sites for hydroxylation is 1. The largest absolute Gasteiger partial charge is 0.326 e. The van der Waals surface area contributed by atoms with Crippen molar-refractivity contribution in [1.29, 1.82) is 0 Å². The first-order valence-electron chi connectivity index (χ1n) is 5.05. The van der Waals surface area contributed by atoms with Crippen LogP contribution >= 0.6 is 11.8 Å². The molecule has 5 heteroatoms. The average Bonchev–Trinajstić information content (AvgIpc) is 2.25. The molecule has 0 radical (unpaired) electrons. The number of Topliss-reactive ketones (excluding diaryl/α,β-unsaturated/α-hetero) is 2. The van der Waals surface area contributed by atoms with Crippen LogP contribution in [0, 0.1) is 6.92 Å². The van der Waals surface area contributed by atoms with Crippen LogP contribution in [-0.4, -0.2) is 22.8 Å². The van der Waals surface area contributed by atoms with Crippen LogP contribution in [0.15, 0.2) is 21.3 Å². The highest BCUT2D eigenvalue weighted by Crippen LogP contribution is 2.31. The van der Waals surface area contributed by atoms with E-state index >= 15 is 0 Å². The Kier molecular flexibility index (Phi) is 2.79. The number of thioether (sulfide) groups is 1. The number of aromatic nitrogens is 1. The van der Waals surface area contributed by atoms with Crippen molar-refractivity contribution in [2.24, 2.45) is 0 Å². The summed E-state index contributed by atoms with van der Waals surface area (Å²) in [5.74, 6) is -0.420. The van der Waals surface area contributed by atoms with Crippen molar-refractivity contribution in [2.45, 2.75) is 13.8 Å². The van der Waals surface area contributed by atoms with Gasteiger partial charge in [0.05, 0.1) is 10.5 Å². The predicted octanol–water partition coefficient (Wildman–Crippen LogP) is 1.70. The SMILES string of the molecule is CSC1=C(C)C(=O)c2cc(=O)[nH]c(C)c2C1=O. The molecule has 0 saturated heterocycles. The van der Waals surface area contributed by atoms with Crippen molar-refractivity contribution in [2.75, 3.05) is 6.26 Å². The Morgan fingerprint density at radius 3 is 2.35 bits per heavy atom. The second-order valence-corrected chi connectivity index (χ2v) is 4.68. The van der Waals surface area contributed by atoms with Crippen LogP contribution in [0.25, 0.3) is 0 Å². The lowest BCUT2D eigenvalue weighted by molar-refractivity contribution is 0.0980. The predicted molar refractivity (Wildman–Crippen MR) is 66.7 cm³/mol. The Morgan fingerprint density at radius 1 is 1.12 bits per heavy atom. The van der Waals surface area contributed by atoms with Gasteiger partial charge in [0.15, 0.2) is 5.78 Å². The first-order valence-corrected chi connectivity index (χ1v) is 6.28. The molecule has 1 aromatic rings. The third-order valence-electron chi connectivity index (χ3n) is 2.79. The Hall–Kier alpha value is -1.62. The zero-order valence-electron chi connectivity index (χ0n) is 9.71. The molecule has 1 aromatic heterocycles. The highest BCUT2D eigenvalue weighted by molar-refractivity contribution is 8.03. The van der Waals surface area contributed by atoms with Crippen molar-refractivity contribution < 1.29 is 9.59 Å². The number of hydrogen-bond acceptors (Lipinski definition) is 4. The summed E-state index contributed by atoms with van der Waals surface area (Å²) >= 11 is 1.26. The third-order valence-corrected chi connectivity index (χ3v) is 3.69. The van der Waals surface area contributed by atoms with E-state index in [1.807, 2.05) is 0 Å². The number of aromatic amines is 1. The number of ketones is 2. The quantitative estimate of drug-likeness (QED) is 0.822. The van der Waals surface area contributed by atoms with Crippen LogP contribution in [0.5, 0.6) is 0 Å². The molecule has 0 aromatic carbocycles. The molecule has 1 aliphatic carbocycles. The monoisotopic (exact) mass is 249 g/mol. The molecule has 1 heterocycles. The minimum Gasteiger partial charge on any atom is -0.326 e. The molecular formula is C12H11NO3S. The van der Waals surface area contributed by atoms with Gasteiger partial charge in [0.25, 0.3) is 0 Å². The fraction of sp³-hybridized carbons (Fsp3) is 0.250. The smallest absolute Gasteiger partial charge is 0.248 e. The molecule has 88 valence electrons. The topological polar surface area (TPSA) is 67.0 Å². The summed E-state index contributed by atoms with van der Waals surface area (Å²) < 4.78 is 0. The summed E-state index contributed by atoms with van der Waals surface area (Å²) in [6.45, 7) is 3.25. The van der Waals surface area contributed by atoms with Crippen molar-refractivity contribution in [3.05, 3.63) is 43.7 Å². The number of rotatable bonds is 1. The summed E-state index contributed by atoms with van der Waals surface area (Å²) in [5, 5.41) is 0. The molecule has 0 bridgehead atoms. The standard InChI is InChI=1S/C12H11NO3S/c1-5-10(15)7-4-8(14)13-6(2)9(7)11(16)12(5)17-3/h4H,1-3H3,(H,13,14). The minimum absolute atomic E-state index is 0.182. The van der Waals surface area contributed by atoms with E-state index in [1.165, 1.54) is 17.8 Å². The van der Waals surface area contributed by atoms with Gasteiger partial charge in [-0.2, -0.15) is 0 Å². The first-order chi connectivity index (χ1) is 7.97. The number of pyridine rings is 1. The molecule has 4 nitrogen and oxygen atoms in total. The number of carbonyl (C=O) groups is 2. The second kappa shape index (κ2) is 4.00. The van der Waals surface area contributed by atoms with E-state index in [0.717, 1.165) is 0 Å². The normalized spacial score (nSPS) is 15.2. The lowest BCUT2D eigenvalue weighted by Crippen LogP contribution is -2.25. The maximum Gasteiger partial charge on any atom is 0.248 e. The van der Waals surface area contributed by atoms with Crippen LogP contribution in [0.4, 0.5) is 0 Å². The van der Waals surface area contributed by atoms with E-state index < -0.39 is 0 Å². The van der Waals surface area contributed by atoms with E-state index in [2.05, 4.69) is 4.98 Å². The molecule has 2 rings (SSSR count). The molecule has 1 aliphatic rings. The van der Waals surface area contributed by atoms with Crippen LogP contribution in [0.2, 0.25) is 0 Å². The van der Waals surface area contributed by atoms with E-state index in [1.54, 1.807) is 20.1 Å². The van der Waals surface area contributed by atoms with Gasteiger partial charge in [0, 0.05) is 22.9 Å². The number of fused-ring (bicyclic) bond motifs is 1. The summed E-state index contributed by atoms with van der Waals surface area (Å²) in [6, 6.07) is 1.20. The van der Waals surface area contributed by atoms with Crippen LogP contribution in [-0.2, 0) is 0 Å². The van der Waals surface area contributed by atoms with Gasteiger partial charge in [-0.3, -0.25) is 14.4 Å². The number of nitrogens with one attached hydrogen (secondary N) is 1. The van der Waals surface area contributed by atoms with Gasteiger partial charge in [-0.25, -0.2) is 0 Å². The minimum atomic E-state index is -0.359. The second-order valence-electron chi connectivity index (χ2n) is 3.86. The Bertz CT molecular complexity index is 625. The molecule has 0 spiro atoms. The van der Waals surface area contributed by atoms with E-state index in [4.69, 9.17) is 0 Å². The van der Waals surface area contributed by atoms with E-state index in [0.29, 0.717) is 21.7 Å². The first kappa shape index (κ1) is 11.9. The molecular weight excluding hydrogens is 238 g/mol. The summed E-state index contributed by atoms with van der Waals surface area (Å²) in [7, 11) is 0. The van der Waals surface area contributed by atoms with Crippen LogP contribution in [0.1, 0.15) is 33.3 Å². The fourth-order valence-corrected chi connectivity index (χ4v) is 2.68. The highest BCUT2D eigenvalue weighted by atomic mass is 32.2.